The molecule has 3 aromatic heterocycles. The molecule has 0 aliphatic rings. The van der Waals surface area contributed by atoms with Crippen molar-refractivity contribution in [2.24, 2.45) is 0 Å². The standard InChI is InChI=1S/C19H15N7/c1-12-7-18(24-16-6-4-3-5-15(12)16)26-19(14(9-20)10-23-26)25-17-8-13(2)21-11-22-17/h3-8,10-11H,1-2H3,(H,21,22,25). The normalized spacial score (nSPS) is 10.7. The molecule has 0 aliphatic heterocycles. The number of anilines is 2. The van der Waals surface area contributed by atoms with E-state index in [0.29, 0.717) is 23.0 Å². The minimum absolute atomic E-state index is 0.411. The second-order valence-corrected chi connectivity index (χ2v) is 5.91. The van der Waals surface area contributed by atoms with Gasteiger partial charge in [0.15, 0.2) is 11.6 Å². The van der Waals surface area contributed by atoms with Crippen LogP contribution in [-0.4, -0.2) is 24.7 Å². The molecule has 0 radical (unpaired) electrons. The van der Waals surface area contributed by atoms with Crippen LogP contribution in [0, 0.1) is 25.2 Å². The molecule has 0 bridgehead atoms. The summed E-state index contributed by atoms with van der Waals surface area (Å²) in [4.78, 5) is 13.0. The highest BCUT2D eigenvalue weighted by atomic mass is 15.4. The Kier molecular flexibility index (Phi) is 3.78. The van der Waals surface area contributed by atoms with E-state index < -0.39 is 0 Å². The summed E-state index contributed by atoms with van der Waals surface area (Å²) in [5.41, 5.74) is 3.20. The number of pyridine rings is 1. The Balaban J connectivity index is 1.85. The molecule has 0 saturated heterocycles. The first kappa shape index (κ1) is 15.7. The van der Waals surface area contributed by atoms with E-state index >= 15 is 0 Å². The summed E-state index contributed by atoms with van der Waals surface area (Å²) in [6, 6.07) is 13.8. The van der Waals surface area contributed by atoms with Crippen LogP contribution >= 0.6 is 0 Å². The number of aromatic nitrogens is 5. The molecular formula is C19H15N7. The van der Waals surface area contributed by atoms with Crippen LogP contribution in [-0.2, 0) is 0 Å². The Labute approximate surface area is 150 Å². The minimum Gasteiger partial charge on any atom is -0.324 e. The van der Waals surface area contributed by atoms with E-state index in [9.17, 15) is 5.26 Å². The zero-order valence-corrected chi connectivity index (χ0v) is 14.3. The van der Waals surface area contributed by atoms with Crippen molar-refractivity contribution in [3.05, 3.63) is 65.7 Å². The molecule has 4 rings (SSSR count). The van der Waals surface area contributed by atoms with Gasteiger partial charge in [-0.05, 0) is 31.5 Å². The predicted molar refractivity (Wildman–Crippen MR) is 98.4 cm³/mol. The van der Waals surface area contributed by atoms with Gasteiger partial charge in [-0.3, -0.25) is 0 Å². The second-order valence-electron chi connectivity index (χ2n) is 5.91. The van der Waals surface area contributed by atoms with Gasteiger partial charge in [0.1, 0.15) is 23.8 Å². The topological polar surface area (TPSA) is 92.3 Å². The van der Waals surface area contributed by atoms with Crippen molar-refractivity contribution in [1.29, 1.82) is 5.26 Å². The molecule has 7 nitrogen and oxygen atoms in total. The van der Waals surface area contributed by atoms with Gasteiger partial charge in [0.25, 0.3) is 0 Å². The molecule has 7 heteroatoms. The number of nitrogens with zero attached hydrogens (tertiary/aromatic N) is 6. The zero-order chi connectivity index (χ0) is 18.1. The van der Waals surface area contributed by atoms with Gasteiger partial charge in [0.2, 0.25) is 0 Å². The summed E-state index contributed by atoms with van der Waals surface area (Å²) in [5, 5.41) is 18.0. The van der Waals surface area contributed by atoms with Gasteiger partial charge in [-0.2, -0.15) is 15.0 Å². The average Bonchev–Trinajstić information content (AvgIpc) is 3.04. The predicted octanol–water partition coefficient (Wildman–Crippen LogP) is 3.44. The molecule has 1 aromatic carbocycles. The van der Waals surface area contributed by atoms with E-state index in [1.165, 1.54) is 12.5 Å². The molecule has 0 unspecified atom stereocenters. The average molecular weight is 341 g/mol. The fourth-order valence-corrected chi connectivity index (χ4v) is 2.81. The van der Waals surface area contributed by atoms with Crippen molar-refractivity contribution in [3.63, 3.8) is 0 Å². The molecule has 1 N–H and O–H groups in total. The molecule has 0 spiro atoms. The Morgan fingerprint density at radius 1 is 1.12 bits per heavy atom. The van der Waals surface area contributed by atoms with Gasteiger partial charge in [0, 0.05) is 17.1 Å². The van der Waals surface area contributed by atoms with Crippen molar-refractivity contribution in [2.45, 2.75) is 13.8 Å². The fraction of sp³-hybridized carbons (Fsp3) is 0.105. The quantitative estimate of drug-likeness (QED) is 0.613. The largest absolute Gasteiger partial charge is 0.324 e. The van der Waals surface area contributed by atoms with Crippen molar-refractivity contribution in [2.75, 3.05) is 5.32 Å². The number of benzene rings is 1. The van der Waals surface area contributed by atoms with Gasteiger partial charge >= 0.3 is 0 Å². The number of hydrogen-bond donors (Lipinski definition) is 1. The fourth-order valence-electron chi connectivity index (χ4n) is 2.81. The van der Waals surface area contributed by atoms with Crippen LogP contribution in [0.5, 0.6) is 0 Å². The lowest BCUT2D eigenvalue weighted by molar-refractivity contribution is 0.857. The Morgan fingerprint density at radius 2 is 1.96 bits per heavy atom. The number of rotatable bonds is 3. The number of fused-ring (bicyclic) bond motifs is 1. The van der Waals surface area contributed by atoms with Crippen molar-refractivity contribution < 1.29 is 0 Å². The van der Waals surface area contributed by atoms with E-state index in [0.717, 1.165) is 22.2 Å². The Morgan fingerprint density at radius 3 is 2.77 bits per heavy atom. The smallest absolute Gasteiger partial charge is 0.156 e. The first-order valence-electron chi connectivity index (χ1n) is 8.06. The molecule has 0 fully saturated rings. The molecule has 0 atom stereocenters. The lowest BCUT2D eigenvalue weighted by Gasteiger charge is -2.11. The number of nitriles is 1. The maximum Gasteiger partial charge on any atom is 0.156 e. The molecule has 0 saturated carbocycles. The highest BCUT2D eigenvalue weighted by molar-refractivity contribution is 5.83. The van der Waals surface area contributed by atoms with Crippen LogP contribution in [0.4, 0.5) is 11.6 Å². The van der Waals surface area contributed by atoms with Gasteiger partial charge in [-0.15, -0.1) is 0 Å². The van der Waals surface area contributed by atoms with Crippen molar-refractivity contribution in [3.8, 4) is 11.9 Å². The van der Waals surface area contributed by atoms with E-state index in [2.05, 4.69) is 26.5 Å². The SMILES string of the molecule is Cc1cc(Nc2c(C#N)cnn2-c2cc(C)c3ccccc3n2)ncn1. The van der Waals surface area contributed by atoms with E-state index in [4.69, 9.17) is 4.98 Å². The van der Waals surface area contributed by atoms with Gasteiger partial charge in [0.05, 0.1) is 11.7 Å². The van der Waals surface area contributed by atoms with E-state index in [-0.39, 0.29) is 0 Å². The number of aryl methyl sites for hydroxylation is 2. The maximum atomic E-state index is 9.44. The first-order chi connectivity index (χ1) is 12.7. The Hall–Kier alpha value is -3.79. The third-order valence-electron chi connectivity index (χ3n) is 4.07. The highest BCUT2D eigenvalue weighted by Gasteiger charge is 2.15. The lowest BCUT2D eigenvalue weighted by atomic mass is 10.1. The molecule has 126 valence electrons. The number of nitrogens with one attached hydrogen (secondary N) is 1. The number of para-hydroxylation sites is 1. The van der Waals surface area contributed by atoms with Gasteiger partial charge in [-0.1, -0.05) is 18.2 Å². The van der Waals surface area contributed by atoms with Crippen molar-refractivity contribution in [1.82, 2.24) is 24.7 Å². The van der Waals surface area contributed by atoms with Crippen LogP contribution in [0.15, 0.2) is 48.9 Å². The Bertz CT molecular complexity index is 1150. The molecule has 3 heterocycles. The summed E-state index contributed by atoms with van der Waals surface area (Å²) < 4.78 is 1.62. The summed E-state index contributed by atoms with van der Waals surface area (Å²) in [5.74, 6) is 1.75. The third-order valence-corrected chi connectivity index (χ3v) is 4.07. The van der Waals surface area contributed by atoms with E-state index in [1.54, 1.807) is 10.7 Å². The lowest BCUT2D eigenvalue weighted by Crippen LogP contribution is -2.07. The minimum atomic E-state index is 0.411. The third kappa shape index (κ3) is 2.74. The molecule has 26 heavy (non-hydrogen) atoms. The molecule has 4 aromatic rings. The number of hydrogen-bond acceptors (Lipinski definition) is 6. The van der Waals surface area contributed by atoms with Crippen LogP contribution in [0.1, 0.15) is 16.8 Å². The maximum absolute atomic E-state index is 9.44. The van der Waals surface area contributed by atoms with Crippen LogP contribution < -0.4 is 5.32 Å². The highest BCUT2D eigenvalue weighted by Crippen LogP contribution is 2.25. The monoisotopic (exact) mass is 341 g/mol. The van der Waals surface area contributed by atoms with Crippen LogP contribution in [0.25, 0.3) is 16.7 Å². The second kappa shape index (κ2) is 6.26. The zero-order valence-electron chi connectivity index (χ0n) is 14.3. The summed E-state index contributed by atoms with van der Waals surface area (Å²) in [7, 11) is 0. The van der Waals surface area contributed by atoms with Gasteiger partial charge < -0.3 is 5.32 Å². The molecular weight excluding hydrogens is 326 g/mol. The summed E-state index contributed by atoms with van der Waals surface area (Å²) >= 11 is 0. The van der Waals surface area contributed by atoms with Crippen molar-refractivity contribution >= 4 is 22.5 Å². The molecule has 0 amide bonds. The summed E-state index contributed by atoms with van der Waals surface area (Å²) in [6.07, 6.45) is 2.99. The first-order valence-corrected chi connectivity index (χ1v) is 8.06. The van der Waals surface area contributed by atoms with E-state index in [1.807, 2.05) is 44.2 Å². The van der Waals surface area contributed by atoms with Gasteiger partial charge in [-0.25, -0.2) is 15.0 Å². The summed E-state index contributed by atoms with van der Waals surface area (Å²) in [6.45, 7) is 3.91. The van der Waals surface area contributed by atoms with Crippen LogP contribution in [0.3, 0.4) is 0 Å². The van der Waals surface area contributed by atoms with Crippen LogP contribution in [0.2, 0.25) is 0 Å². The molecule has 0 aliphatic carbocycles.